The third-order valence-electron chi connectivity index (χ3n) is 6.94. The van der Waals surface area contributed by atoms with Gasteiger partial charge in [0.25, 0.3) is 0 Å². The molecule has 4 aromatic rings. The van der Waals surface area contributed by atoms with Crippen molar-refractivity contribution in [2.45, 2.75) is 98.3 Å². The van der Waals surface area contributed by atoms with Crippen molar-refractivity contribution in [3.63, 3.8) is 0 Å². The molecule has 0 saturated carbocycles. The van der Waals surface area contributed by atoms with Gasteiger partial charge in [0, 0.05) is 5.39 Å². The van der Waals surface area contributed by atoms with Crippen molar-refractivity contribution >= 4 is 53.0 Å². The van der Waals surface area contributed by atoms with Crippen LogP contribution in [-0.2, 0) is 20.5 Å². The van der Waals surface area contributed by atoms with E-state index in [4.69, 9.17) is 13.9 Å². The van der Waals surface area contributed by atoms with Crippen molar-refractivity contribution in [1.29, 1.82) is 0 Å². The quantitative estimate of drug-likeness (QED) is 0.223. The molecule has 0 aliphatic rings. The lowest BCUT2D eigenvalue weighted by molar-refractivity contribution is 0.0520. The average molecular weight is 584 g/mol. The number of thiophene rings is 1. The molecule has 0 amide bonds. The molecule has 0 aliphatic heterocycles. The maximum absolute atomic E-state index is 13.6. The lowest BCUT2D eigenvalue weighted by Gasteiger charge is -2.36. The summed E-state index contributed by atoms with van der Waals surface area (Å²) < 4.78 is 21.5. The minimum absolute atomic E-state index is 0.101. The Balaban J connectivity index is 1.85. The molecule has 10 heteroatoms. The Morgan fingerprint density at radius 1 is 0.875 bits per heavy atom. The molecule has 0 aliphatic carbocycles. The minimum atomic E-state index is -1.94. The summed E-state index contributed by atoms with van der Waals surface area (Å²) in [7, 11) is -1.94. The molecule has 40 heavy (non-hydrogen) atoms. The highest BCUT2D eigenvalue weighted by atomic mass is 32.1. The highest BCUT2D eigenvalue weighted by Gasteiger charge is 2.37. The molecule has 3 aromatic heterocycles. The van der Waals surface area contributed by atoms with Gasteiger partial charge < -0.3 is 13.9 Å². The van der Waals surface area contributed by atoms with Gasteiger partial charge in [-0.15, -0.1) is 11.3 Å². The number of hydrogen-bond donors (Lipinski definition) is 0. The molecule has 0 unspecified atom stereocenters. The van der Waals surface area contributed by atoms with Crippen LogP contribution in [0.3, 0.4) is 0 Å². The van der Waals surface area contributed by atoms with Crippen LogP contribution in [0.25, 0.3) is 32.5 Å². The van der Waals surface area contributed by atoms with E-state index in [1.807, 2.05) is 77.3 Å². The number of aromatic nitrogens is 3. The van der Waals surface area contributed by atoms with E-state index in [-0.39, 0.29) is 5.04 Å². The van der Waals surface area contributed by atoms with Crippen LogP contribution in [0.4, 0.5) is 9.59 Å². The van der Waals surface area contributed by atoms with E-state index < -0.39 is 31.7 Å². The van der Waals surface area contributed by atoms with E-state index in [0.717, 1.165) is 15.6 Å². The number of ether oxygens (including phenoxy) is 2. The number of benzene rings is 1. The highest BCUT2D eigenvalue weighted by Crippen LogP contribution is 2.39. The summed E-state index contributed by atoms with van der Waals surface area (Å²) in [6.45, 7) is 22.6. The first-order valence-corrected chi connectivity index (χ1v) is 17.3. The van der Waals surface area contributed by atoms with Crippen molar-refractivity contribution in [2.24, 2.45) is 0 Å². The van der Waals surface area contributed by atoms with Gasteiger partial charge in [-0.2, -0.15) is 9.78 Å². The molecule has 0 fully saturated rings. The first kappa shape index (κ1) is 30.0. The van der Waals surface area contributed by atoms with Crippen molar-refractivity contribution in [1.82, 2.24) is 14.3 Å². The standard InChI is InChI=1S/C30H41N3O5SSi/c1-28(2,3)37-26(34)32-21-13-12-19(18-36-40(10,11)30(7,8)9)16-20(21)17-23(32)24-25-22(14-15-39-25)33(31-24)27(35)38-29(4,5)6/h12-17H,18H2,1-11H3. The number of nitrogens with zero attached hydrogens (tertiary/aromatic N) is 3. The Bertz CT molecular complexity index is 1570. The summed E-state index contributed by atoms with van der Waals surface area (Å²) in [6, 6.07) is 9.71. The molecular weight excluding hydrogens is 542 g/mol. The lowest BCUT2D eigenvalue weighted by atomic mass is 10.1. The predicted molar refractivity (Wildman–Crippen MR) is 164 cm³/mol. The van der Waals surface area contributed by atoms with Gasteiger partial charge in [0.05, 0.1) is 28.0 Å². The van der Waals surface area contributed by atoms with Gasteiger partial charge in [-0.05, 0) is 94.9 Å². The fourth-order valence-electron chi connectivity index (χ4n) is 3.97. The molecule has 0 spiro atoms. The van der Waals surface area contributed by atoms with E-state index in [1.54, 1.807) is 4.57 Å². The van der Waals surface area contributed by atoms with Crippen LogP contribution in [0.15, 0.2) is 35.7 Å². The summed E-state index contributed by atoms with van der Waals surface area (Å²) in [4.78, 5) is 26.6. The van der Waals surface area contributed by atoms with Crippen LogP contribution in [0.1, 0.15) is 67.9 Å². The first-order chi connectivity index (χ1) is 18.3. The zero-order valence-corrected chi connectivity index (χ0v) is 27.3. The van der Waals surface area contributed by atoms with E-state index in [0.29, 0.717) is 29.0 Å². The Labute approximate surface area is 241 Å². The number of carbonyl (C=O) groups is 2. The summed E-state index contributed by atoms with van der Waals surface area (Å²) >= 11 is 1.45. The predicted octanol–water partition coefficient (Wildman–Crippen LogP) is 8.81. The first-order valence-electron chi connectivity index (χ1n) is 13.5. The largest absolute Gasteiger partial charge is 0.443 e. The maximum atomic E-state index is 13.6. The maximum Gasteiger partial charge on any atom is 0.435 e. The number of rotatable bonds is 4. The van der Waals surface area contributed by atoms with E-state index in [1.165, 1.54) is 16.0 Å². The highest BCUT2D eigenvalue weighted by molar-refractivity contribution is 7.17. The van der Waals surface area contributed by atoms with Crippen molar-refractivity contribution in [3.05, 3.63) is 41.3 Å². The van der Waals surface area contributed by atoms with Crippen LogP contribution in [0, 0.1) is 0 Å². The van der Waals surface area contributed by atoms with Crippen LogP contribution < -0.4 is 0 Å². The topological polar surface area (TPSA) is 84.6 Å². The molecule has 0 atom stereocenters. The lowest BCUT2D eigenvalue weighted by Crippen LogP contribution is -2.40. The van der Waals surface area contributed by atoms with Gasteiger partial charge in [-0.1, -0.05) is 26.8 Å². The minimum Gasteiger partial charge on any atom is -0.443 e. The molecule has 4 rings (SSSR count). The second-order valence-electron chi connectivity index (χ2n) is 13.7. The zero-order chi connectivity index (χ0) is 29.8. The van der Waals surface area contributed by atoms with Gasteiger partial charge in [0.2, 0.25) is 0 Å². The van der Waals surface area contributed by atoms with Crippen molar-refractivity contribution in [2.75, 3.05) is 0 Å². The van der Waals surface area contributed by atoms with Crippen LogP contribution >= 0.6 is 11.3 Å². The smallest absolute Gasteiger partial charge is 0.435 e. The monoisotopic (exact) mass is 583 g/mol. The summed E-state index contributed by atoms with van der Waals surface area (Å²) in [5, 5.41) is 7.51. The molecule has 0 radical (unpaired) electrons. The SMILES string of the molecule is CC(C)(C)OC(=O)n1nc(-c2cc3cc(CO[Si](C)(C)C(C)(C)C)ccc3n2C(=O)OC(C)(C)C)c2sccc21. The molecule has 3 heterocycles. The third kappa shape index (κ3) is 6.18. The second-order valence-corrected chi connectivity index (χ2v) is 19.4. The molecule has 0 bridgehead atoms. The zero-order valence-electron chi connectivity index (χ0n) is 25.5. The summed E-state index contributed by atoms with van der Waals surface area (Å²) in [5.41, 5.74) is 2.01. The molecular formula is C30H41N3O5SSi. The van der Waals surface area contributed by atoms with Crippen LogP contribution in [0.5, 0.6) is 0 Å². The molecule has 0 N–H and O–H groups in total. The Morgan fingerprint density at radius 3 is 2.10 bits per heavy atom. The summed E-state index contributed by atoms with van der Waals surface area (Å²) in [5.74, 6) is 0. The normalized spacial score (nSPS) is 13.3. The van der Waals surface area contributed by atoms with E-state index >= 15 is 0 Å². The molecule has 1 aromatic carbocycles. The Hall–Kier alpha value is -2.95. The van der Waals surface area contributed by atoms with Gasteiger partial charge in [-0.3, -0.25) is 0 Å². The average Bonchev–Trinajstić information content (AvgIpc) is 3.47. The summed E-state index contributed by atoms with van der Waals surface area (Å²) in [6.07, 6.45) is -1.09. The fraction of sp³-hybridized carbons (Fsp3) is 0.500. The Morgan fingerprint density at radius 2 is 1.50 bits per heavy atom. The number of hydrogen-bond acceptors (Lipinski definition) is 7. The van der Waals surface area contributed by atoms with Crippen molar-refractivity contribution < 1.29 is 23.5 Å². The van der Waals surface area contributed by atoms with Crippen LogP contribution in [0.2, 0.25) is 18.1 Å². The molecule has 216 valence electrons. The fourth-order valence-corrected chi connectivity index (χ4v) is 5.80. The second kappa shape index (κ2) is 10.1. The van der Waals surface area contributed by atoms with Crippen LogP contribution in [-0.4, -0.2) is 46.1 Å². The molecule has 8 nitrogen and oxygen atoms in total. The van der Waals surface area contributed by atoms with Gasteiger partial charge in [0.1, 0.15) is 16.9 Å². The Kier molecular flexibility index (Phi) is 7.62. The van der Waals surface area contributed by atoms with Gasteiger partial charge in [-0.25, -0.2) is 14.2 Å². The van der Waals surface area contributed by atoms with Crippen molar-refractivity contribution in [3.8, 4) is 11.4 Å². The molecule has 0 saturated heterocycles. The van der Waals surface area contributed by atoms with E-state index in [9.17, 15) is 9.59 Å². The number of carbonyl (C=O) groups excluding carboxylic acids is 2. The van der Waals surface area contributed by atoms with Gasteiger partial charge in [0.15, 0.2) is 8.32 Å². The van der Waals surface area contributed by atoms with E-state index in [2.05, 4.69) is 39.0 Å². The third-order valence-corrected chi connectivity index (χ3v) is 12.3. The van der Waals surface area contributed by atoms with Gasteiger partial charge >= 0.3 is 12.2 Å². The number of fused-ring (bicyclic) bond motifs is 2.